The number of nitrogens with zero attached hydrogens (tertiary/aromatic N) is 1. The standard InChI is InChI=1S/C6H15N.C4H8O3/c1-4-7(5-2)6-3;5-4(6)2-1-3-7-4/h4-6H2,1-3H3;5-6H,1-3H2. The van der Waals surface area contributed by atoms with Crippen LogP contribution in [0.15, 0.2) is 0 Å². The predicted molar refractivity (Wildman–Crippen MR) is 55.8 cm³/mol. The summed E-state index contributed by atoms with van der Waals surface area (Å²) in [6.45, 7) is 10.6. The lowest BCUT2D eigenvalue weighted by Gasteiger charge is -2.13. The fourth-order valence-electron chi connectivity index (χ4n) is 1.28. The van der Waals surface area contributed by atoms with Crippen LogP contribution >= 0.6 is 0 Å². The third-order valence-corrected chi connectivity index (χ3v) is 2.32. The largest absolute Gasteiger partial charge is 0.343 e. The summed E-state index contributed by atoms with van der Waals surface area (Å²) in [5.74, 6) is -1.81. The van der Waals surface area contributed by atoms with Crippen LogP contribution in [0.4, 0.5) is 0 Å². The van der Waals surface area contributed by atoms with Crippen molar-refractivity contribution in [3.05, 3.63) is 0 Å². The summed E-state index contributed by atoms with van der Waals surface area (Å²) >= 11 is 0. The lowest BCUT2D eigenvalue weighted by Crippen LogP contribution is -2.25. The van der Waals surface area contributed by atoms with E-state index in [-0.39, 0.29) is 0 Å². The van der Waals surface area contributed by atoms with E-state index in [1.165, 1.54) is 19.6 Å². The number of hydrogen-bond acceptors (Lipinski definition) is 4. The van der Waals surface area contributed by atoms with Crippen molar-refractivity contribution >= 4 is 0 Å². The van der Waals surface area contributed by atoms with Crippen molar-refractivity contribution < 1.29 is 14.9 Å². The van der Waals surface area contributed by atoms with Crippen LogP contribution in [0.1, 0.15) is 33.6 Å². The van der Waals surface area contributed by atoms with E-state index in [1.807, 2.05) is 0 Å². The van der Waals surface area contributed by atoms with Crippen LogP contribution in [0.25, 0.3) is 0 Å². The van der Waals surface area contributed by atoms with Crippen LogP contribution in [0.3, 0.4) is 0 Å². The Kier molecular flexibility index (Phi) is 7.09. The molecule has 0 unspecified atom stereocenters. The molecule has 0 radical (unpaired) electrons. The van der Waals surface area contributed by atoms with Crippen LogP contribution in [0.2, 0.25) is 0 Å². The van der Waals surface area contributed by atoms with Crippen LogP contribution in [-0.4, -0.2) is 47.3 Å². The molecule has 0 aromatic heterocycles. The maximum Gasteiger partial charge on any atom is 0.277 e. The zero-order valence-corrected chi connectivity index (χ0v) is 9.49. The van der Waals surface area contributed by atoms with Crippen molar-refractivity contribution in [3.63, 3.8) is 0 Å². The Morgan fingerprint density at radius 2 is 1.64 bits per heavy atom. The molecule has 0 aliphatic carbocycles. The Balaban J connectivity index is 0.000000241. The van der Waals surface area contributed by atoms with E-state index < -0.39 is 5.97 Å². The average molecular weight is 205 g/mol. The van der Waals surface area contributed by atoms with Crippen molar-refractivity contribution in [1.29, 1.82) is 0 Å². The third kappa shape index (κ3) is 6.32. The molecule has 0 amide bonds. The molecule has 2 N–H and O–H groups in total. The molecule has 1 aliphatic heterocycles. The second kappa shape index (κ2) is 7.17. The van der Waals surface area contributed by atoms with E-state index in [0.29, 0.717) is 13.0 Å². The zero-order valence-electron chi connectivity index (χ0n) is 9.49. The van der Waals surface area contributed by atoms with Gasteiger partial charge in [-0.1, -0.05) is 20.8 Å². The molecule has 0 aromatic carbocycles. The first kappa shape index (κ1) is 13.8. The maximum atomic E-state index is 8.53. The number of ether oxygens (including phenoxy) is 1. The summed E-state index contributed by atoms with van der Waals surface area (Å²) in [5, 5.41) is 17.1. The molecular formula is C10H23NO3. The molecule has 1 heterocycles. The van der Waals surface area contributed by atoms with Crippen LogP contribution in [0.5, 0.6) is 0 Å². The third-order valence-electron chi connectivity index (χ3n) is 2.32. The van der Waals surface area contributed by atoms with Gasteiger partial charge in [0, 0.05) is 6.42 Å². The summed E-state index contributed by atoms with van der Waals surface area (Å²) in [5.41, 5.74) is 0. The minimum Gasteiger partial charge on any atom is -0.343 e. The fourth-order valence-corrected chi connectivity index (χ4v) is 1.28. The first-order valence-corrected chi connectivity index (χ1v) is 5.36. The van der Waals surface area contributed by atoms with Gasteiger partial charge in [0.05, 0.1) is 6.61 Å². The highest BCUT2D eigenvalue weighted by Gasteiger charge is 2.28. The smallest absolute Gasteiger partial charge is 0.277 e. The van der Waals surface area contributed by atoms with Gasteiger partial charge < -0.3 is 19.8 Å². The molecule has 4 heteroatoms. The van der Waals surface area contributed by atoms with Crippen molar-refractivity contribution in [2.24, 2.45) is 0 Å². The molecule has 1 saturated heterocycles. The Hall–Kier alpha value is -0.160. The van der Waals surface area contributed by atoms with Crippen LogP contribution < -0.4 is 0 Å². The second-order valence-electron chi connectivity index (χ2n) is 3.31. The molecule has 1 fully saturated rings. The zero-order chi connectivity index (χ0) is 11.0. The molecule has 0 saturated carbocycles. The first-order valence-electron chi connectivity index (χ1n) is 5.36. The van der Waals surface area contributed by atoms with Gasteiger partial charge in [-0.3, -0.25) is 0 Å². The second-order valence-corrected chi connectivity index (χ2v) is 3.31. The average Bonchev–Trinajstić information content (AvgIpc) is 2.54. The molecule has 1 rings (SSSR count). The summed E-state index contributed by atoms with van der Waals surface area (Å²) in [7, 11) is 0. The summed E-state index contributed by atoms with van der Waals surface area (Å²) in [6.07, 6.45) is 1.08. The van der Waals surface area contributed by atoms with E-state index in [4.69, 9.17) is 10.2 Å². The van der Waals surface area contributed by atoms with Gasteiger partial charge in [-0.05, 0) is 26.1 Å². The van der Waals surface area contributed by atoms with E-state index >= 15 is 0 Å². The normalized spacial score (nSPS) is 19.3. The molecule has 0 aromatic rings. The number of rotatable bonds is 3. The van der Waals surface area contributed by atoms with Gasteiger partial charge >= 0.3 is 0 Å². The van der Waals surface area contributed by atoms with Gasteiger partial charge in [0.15, 0.2) is 0 Å². The van der Waals surface area contributed by atoms with E-state index in [1.54, 1.807) is 0 Å². The van der Waals surface area contributed by atoms with E-state index in [0.717, 1.165) is 6.42 Å². The monoisotopic (exact) mass is 205 g/mol. The molecule has 1 aliphatic rings. The highest BCUT2D eigenvalue weighted by Crippen LogP contribution is 2.17. The SMILES string of the molecule is CCN(CC)CC.OC1(O)CCCO1. The Bertz CT molecular complexity index is 122. The number of aliphatic hydroxyl groups is 2. The molecule has 0 spiro atoms. The van der Waals surface area contributed by atoms with Crippen molar-refractivity contribution in [2.45, 2.75) is 39.6 Å². The van der Waals surface area contributed by atoms with Gasteiger partial charge in [0.1, 0.15) is 0 Å². The highest BCUT2D eigenvalue weighted by atomic mass is 16.8. The highest BCUT2D eigenvalue weighted by molar-refractivity contribution is 4.57. The van der Waals surface area contributed by atoms with Gasteiger partial charge in [-0.2, -0.15) is 0 Å². The Labute approximate surface area is 86.5 Å². The topological polar surface area (TPSA) is 52.9 Å². The lowest BCUT2D eigenvalue weighted by atomic mass is 10.3. The Morgan fingerprint density at radius 1 is 1.14 bits per heavy atom. The molecule has 86 valence electrons. The van der Waals surface area contributed by atoms with Crippen LogP contribution in [0, 0.1) is 0 Å². The van der Waals surface area contributed by atoms with Crippen LogP contribution in [-0.2, 0) is 4.74 Å². The van der Waals surface area contributed by atoms with Gasteiger partial charge in [-0.25, -0.2) is 0 Å². The predicted octanol–water partition coefficient (Wildman–Crippen LogP) is 0.783. The molecule has 14 heavy (non-hydrogen) atoms. The fraction of sp³-hybridized carbons (Fsp3) is 1.00. The van der Waals surface area contributed by atoms with E-state index in [9.17, 15) is 0 Å². The van der Waals surface area contributed by atoms with Crippen molar-refractivity contribution in [2.75, 3.05) is 26.2 Å². The molecular weight excluding hydrogens is 182 g/mol. The first-order chi connectivity index (χ1) is 6.55. The molecule has 4 nitrogen and oxygen atoms in total. The van der Waals surface area contributed by atoms with Gasteiger partial charge in [-0.15, -0.1) is 0 Å². The Morgan fingerprint density at radius 3 is 1.71 bits per heavy atom. The van der Waals surface area contributed by atoms with E-state index in [2.05, 4.69) is 30.4 Å². The quantitative estimate of drug-likeness (QED) is 0.669. The lowest BCUT2D eigenvalue weighted by molar-refractivity contribution is -0.313. The minimum atomic E-state index is -1.81. The summed E-state index contributed by atoms with van der Waals surface area (Å²) in [4.78, 5) is 2.38. The minimum absolute atomic E-state index is 0.340. The molecule has 0 bridgehead atoms. The van der Waals surface area contributed by atoms with Crippen molar-refractivity contribution in [3.8, 4) is 0 Å². The van der Waals surface area contributed by atoms with Crippen molar-refractivity contribution in [1.82, 2.24) is 4.90 Å². The van der Waals surface area contributed by atoms with Gasteiger partial charge in [0.2, 0.25) is 0 Å². The maximum absolute atomic E-state index is 8.53. The number of hydrogen-bond donors (Lipinski definition) is 2. The summed E-state index contributed by atoms with van der Waals surface area (Å²) in [6, 6.07) is 0. The summed E-state index contributed by atoms with van der Waals surface area (Å²) < 4.78 is 4.45. The molecule has 0 atom stereocenters. The van der Waals surface area contributed by atoms with Gasteiger partial charge in [0.25, 0.3) is 5.97 Å².